The lowest BCUT2D eigenvalue weighted by Gasteiger charge is -2.11. The minimum Gasteiger partial charge on any atom is -0.385 e. The number of nitrogens with zero attached hydrogens (tertiary/aromatic N) is 1. The Bertz CT molecular complexity index is 307. The van der Waals surface area contributed by atoms with E-state index in [-0.39, 0.29) is 0 Å². The van der Waals surface area contributed by atoms with Gasteiger partial charge in [-0.15, -0.1) is 11.8 Å². The molecule has 1 atom stereocenters. The van der Waals surface area contributed by atoms with Crippen LogP contribution >= 0.6 is 11.8 Å². The molecule has 0 aromatic carbocycles. The monoisotopic (exact) mass is 240 g/mol. The van der Waals surface area contributed by atoms with Crippen LogP contribution in [0.1, 0.15) is 24.9 Å². The van der Waals surface area contributed by atoms with Crippen molar-refractivity contribution in [2.45, 2.75) is 24.4 Å². The fraction of sp³-hybridized carbons (Fsp3) is 0.583. The van der Waals surface area contributed by atoms with Gasteiger partial charge in [-0.1, -0.05) is 0 Å². The normalized spacial score (nSPS) is 12.7. The highest BCUT2D eigenvalue weighted by molar-refractivity contribution is 7.99. The van der Waals surface area contributed by atoms with Gasteiger partial charge in [0.2, 0.25) is 0 Å². The Morgan fingerprint density at radius 1 is 1.56 bits per heavy atom. The van der Waals surface area contributed by atoms with Crippen molar-refractivity contribution >= 4 is 11.8 Å². The summed E-state index contributed by atoms with van der Waals surface area (Å²) in [6, 6.07) is 4.58. The molecule has 0 saturated heterocycles. The van der Waals surface area contributed by atoms with Crippen molar-refractivity contribution in [1.29, 1.82) is 0 Å². The smallest absolute Gasteiger partial charge is 0.0963 e. The van der Waals surface area contributed by atoms with E-state index in [2.05, 4.69) is 29.4 Å². The Kier molecular flexibility index (Phi) is 6.45. The first kappa shape index (κ1) is 13.5. The third-order valence-corrected chi connectivity index (χ3v) is 3.45. The van der Waals surface area contributed by atoms with E-state index < -0.39 is 0 Å². The fourth-order valence-electron chi connectivity index (χ4n) is 1.32. The Balaban J connectivity index is 2.47. The summed E-state index contributed by atoms with van der Waals surface area (Å²) in [7, 11) is 3.70. The summed E-state index contributed by atoms with van der Waals surface area (Å²) in [6.07, 6.45) is 2.94. The number of rotatable bonds is 7. The Morgan fingerprint density at radius 2 is 2.38 bits per heavy atom. The molecule has 1 aromatic heterocycles. The zero-order valence-electron chi connectivity index (χ0n) is 10.2. The van der Waals surface area contributed by atoms with Crippen molar-refractivity contribution in [2.24, 2.45) is 0 Å². The standard InChI is InChI=1S/C12H20N2OS/c1-10(13-2)11-5-6-14-12(9-11)16-8-4-7-15-3/h5-6,9-10,13H,4,7-8H2,1-3H3. The third kappa shape index (κ3) is 4.51. The highest BCUT2D eigenvalue weighted by atomic mass is 32.2. The van der Waals surface area contributed by atoms with Crippen molar-refractivity contribution in [1.82, 2.24) is 10.3 Å². The van der Waals surface area contributed by atoms with Gasteiger partial charge in [-0.2, -0.15) is 0 Å². The van der Waals surface area contributed by atoms with Crippen LogP contribution in [0.25, 0.3) is 0 Å². The number of pyridine rings is 1. The largest absolute Gasteiger partial charge is 0.385 e. The molecule has 16 heavy (non-hydrogen) atoms. The molecule has 1 heterocycles. The summed E-state index contributed by atoms with van der Waals surface area (Å²) in [5.74, 6) is 1.05. The summed E-state index contributed by atoms with van der Waals surface area (Å²) >= 11 is 1.78. The maximum Gasteiger partial charge on any atom is 0.0963 e. The first-order chi connectivity index (χ1) is 7.77. The fourth-order valence-corrected chi connectivity index (χ4v) is 2.15. The van der Waals surface area contributed by atoms with Gasteiger partial charge in [0.15, 0.2) is 0 Å². The van der Waals surface area contributed by atoms with Crippen molar-refractivity contribution in [2.75, 3.05) is 26.5 Å². The van der Waals surface area contributed by atoms with Crippen molar-refractivity contribution in [3.63, 3.8) is 0 Å². The summed E-state index contributed by atoms with van der Waals surface area (Å²) in [4.78, 5) is 4.35. The van der Waals surface area contributed by atoms with E-state index in [0.717, 1.165) is 23.8 Å². The molecule has 0 aliphatic rings. The van der Waals surface area contributed by atoms with E-state index in [4.69, 9.17) is 4.74 Å². The molecule has 0 spiro atoms. The molecule has 0 bridgehead atoms. The second kappa shape index (κ2) is 7.65. The number of aromatic nitrogens is 1. The molecular weight excluding hydrogens is 220 g/mol. The van der Waals surface area contributed by atoms with Gasteiger partial charge < -0.3 is 10.1 Å². The van der Waals surface area contributed by atoms with Gasteiger partial charge in [-0.3, -0.25) is 0 Å². The summed E-state index contributed by atoms with van der Waals surface area (Å²) < 4.78 is 5.02. The summed E-state index contributed by atoms with van der Waals surface area (Å²) in [5.41, 5.74) is 1.28. The van der Waals surface area contributed by atoms with E-state index >= 15 is 0 Å². The highest BCUT2D eigenvalue weighted by Gasteiger charge is 2.04. The number of ether oxygens (including phenoxy) is 1. The van der Waals surface area contributed by atoms with Gasteiger partial charge in [-0.05, 0) is 38.1 Å². The predicted octanol–water partition coefficient (Wildman–Crippen LogP) is 2.49. The average Bonchev–Trinajstić information content (AvgIpc) is 2.34. The van der Waals surface area contributed by atoms with Crippen LogP contribution in [-0.4, -0.2) is 31.5 Å². The van der Waals surface area contributed by atoms with E-state index in [1.807, 2.05) is 13.2 Å². The van der Waals surface area contributed by atoms with Crippen molar-refractivity contribution in [3.05, 3.63) is 23.9 Å². The lowest BCUT2D eigenvalue weighted by molar-refractivity contribution is 0.200. The van der Waals surface area contributed by atoms with Gasteiger partial charge in [0.25, 0.3) is 0 Å². The van der Waals surface area contributed by atoms with Gasteiger partial charge >= 0.3 is 0 Å². The first-order valence-electron chi connectivity index (χ1n) is 5.53. The van der Waals surface area contributed by atoms with Crippen LogP contribution in [0.5, 0.6) is 0 Å². The maximum absolute atomic E-state index is 5.02. The van der Waals surface area contributed by atoms with Gasteiger partial charge in [0.05, 0.1) is 5.03 Å². The molecular formula is C12H20N2OS. The van der Waals surface area contributed by atoms with Gasteiger partial charge in [0.1, 0.15) is 0 Å². The minimum absolute atomic E-state index is 0.376. The van der Waals surface area contributed by atoms with Gasteiger partial charge in [0, 0.05) is 31.7 Å². The topological polar surface area (TPSA) is 34.2 Å². The van der Waals surface area contributed by atoms with E-state index in [0.29, 0.717) is 6.04 Å². The van der Waals surface area contributed by atoms with E-state index in [1.165, 1.54) is 5.56 Å². The predicted molar refractivity (Wildman–Crippen MR) is 68.9 cm³/mol. The molecule has 0 radical (unpaired) electrons. The van der Waals surface area contributed by atoms with Crippen LogP contribution < -0.4 is 5.32 Å². The Morgan fingerprint density at radius 3 is 3.06 bits per heavy atom. The molecule has 1 N–H and O–H groups in total. The SMILES string of the molecule is CNC(C)c1ccnc(SCCCOC)c1. The summed E-state index contributed by atoms with van der Waals surface area (Å²) in [5, 5.41) is 4.32. The molecule has 90 valence electrons. The molecule has 3 nitrogen and oxygen atoms in total. The average molecular weight is 240 g/mol. The maximum atomic E-state index is 5.02. The lowest BCUT2D eigenvalue weighted by Crippen LogP contribution is -2.12. The van der Waals surface area contributed by atoms with Crippen LogP contribution in [0.15, 0.2) is 23.4 Å². The number of hydrogen-bond acceptors (Lipinski definition) is 4. The van der Waals surface area contributed by atoms with E-state index in [9.17, 15) is 0 Å². The lowest BCUT2D eigenvalue weighted by atomic mass is 10.1. The highest BCUT2D eigenvalue weighted by Crippen LogP contribution is 2.20. The molecule has 1 aromatic rings. The molecule has 0 aliphatic heterocycles. The molecule has 0 saturated carbocycles. The minimum atomic E-state index is 0.376. The van der Waals surface area contributed by atoms with E-state index in [1.54, 1.807) is 18.9 Å². The molecule has 4 heteroatoms. The van der Waals surface area contributed by atoms with Crippen LogP contribution in [0.4, 0.5) is 0 Å². The van der Waals surface area contributed by atoms with Gasteiger partial charge in [-0.25, -0.2) is 4.98 Å². The van der Waals surface area contributed by atoms with Crippen LogP contribution in [0.2, 0.25) is 0 Å². The third-order valence-electron chi connectivity index (χ3n) is 2.43. The molecule has 1 rings (SSSR count). The van der Waals surface area contributed by atoms with Crippen molar-refractivity contribution in [3.8, 4) is 0 Å². The second-order valence-electron chi connectivity index (χ2n) is 3.63. The Hall–Kier alpha value is -0.580. The summed E-state index contributed by atoms with van der Waals surface area (Å²) in [6.45, 7) is 2.97. The van der Waals surface area contributed by atoms with Crippen LogP contribution in [0, 0.1) is 0 Å². The van der Waals surface area contributed by atoms with Crippen LogP contribution in [-0.2, 0) is 4.74 Å². The number of hydrogen-bond donors (Lipinski definition) is 1. The Labute approximate surface area is 102 Å². The molecule has 0 amide bonds. The number of nitrogens with one attached hydrogen (secondary N) is 1. The number of thioether (sulfide) groups is 1. The van der Waals surface area contributed by atoms with Crippen LogP contribution in [0.3, 0.4) is 0 Å². The zero-order chi connectivity index (χ0) is 11.8. The quantitative estimate of drug-likeness (QED) is 0.586. The molecule has 1 unspecified atom stereocenters. The van der Waals surface area contributed by atoms with Crippen molar-refractivity contribution < 1.29 is 4.74 Å². The zero-order valence-corrected chi connectivity index (χ0v) is 11.0. The molecule has 0 aliphatic carbocycles. The molecule has 0 fully saturated rings. The second-order valence-corrected chi connectivity index (χ2v) is 4.75. The number of methoxy groups -OCH3 is 1. The first-order valence-corrected chi connectivity index (χ1v) is 6.51.